The van der Waals surface area contributed by atoms with Crippen LogP contribution in [0.5, 0.6) is 0 Å². The maximum Gasteiger partial charge on any atom is 0.186 e. The number of aromatic nitrogens is 5. The predicted molar refractivity (Wildman–Crippen MR) is 246 cm³/mol. The van der Waals surface area contributed by atoms with E-state index in [2.05, 4.69) is 126 Å². The number of hydrogen-bond donors (Lipinski definition) is 0. The molecule has 13 rings (SSSR count). The molecule has 0 saturated carbocycles. The molecular weight excluding hydrogens is 751 g/mol. The van der Waals surface area contributed by atoms with Crippen molar-refractivity contribution < 1.29 is 8.83 Å². The maximum atomic E-state index is 6.42. The highest BCUT2D eigenvalue weighted by atomic mass is 16.3. The zero-order valence-corrected chi connectivity index (χ0v) is 32.5. The van der Waals surface area contributed by atoms with Gasteiger partial charge >= 0.3 is 0 Å². The standard InChI is InChI=1S/C54H31N5O2/c1-2-13-38-33(10-1)22-27-43-39-14-3-6-17-45(39)59(50(38)43)37-24-20-32(21-25-37)34-11-9-12-35(30-34)52-56-53(36-23-26-42-40-15-4-7-18-46(40)60-48(42)31-36)58-54(57-52)49-51-44(28-29-55-49)41-16-5-8-19-47(41)61-51/h1-31H. The Bertz CT molecular complexity index is 3900. The van der Waals surface area contributed by atoms with E-state index in [9.17, 15) is 0 Å². The largest absolute Gasteiger partial charge is 0.456 e. The first-order chi connectivity index (χ1) is 30.2. The number of nitrogens with zero attached hydrogens (tertiary/aromatic N) is 5. The fraction of sp³-hybridized carbons (Fsp3) is 0. The normalized spacial score (nSPS) is 11.9. The molecule has 13 aromatic rings. The summed E-state index contributed by atoms with van der Waals surface area (Å²) in [6.07, 6.45) is 1.79. The Morgan fingerprint density at radius 2 is 1.00 bits per heavy atom. The van der Waals surface area contributed by atoms with Gasteiger partial charge in [-0.05, 0) is 71.1 Å². The third kappa shape index (κ3) is 5.24. The van der Waals surface area contributed by atoms with Crippen LogP contribution in [-0.4, -0.2) is 24.5 Å². The van der Waals surface area contributed by atoms with Crippen LogP contribution in [0, 0.1) is 0 Å². The second-order valence-electron chi connectivity index (χ2n) is 15.4. The first-order valence-corrected chi connectivity index (χ1v) is 20.3. The molecule has 0 radical (unpaired) electrons. The summed E-state index contributed by atoms with van der Waals surface area (Å²) in [7, 11) is 0. The van der Waals surface area contributed by atoms with Crippen molar-refractivity contribution in [3.63, 3.8) is 0 Å². The summed E-state index contributed by atoms with van der Waals surface area (Å²) in [6, 6.07) is 63.1. The second-order valence-corrected chi connectivity index (χ2v) is 15.4. The lowest BCUT2D eigenvalue weighted by Gasteiger charge is -2.12. The Labute approximate surface area is 347 Å². The van der Waals surface area contributed by atoms with Crippen molar-refractivity contribution >= 4 is 76.5 Å². The van der Waals surface area contributed by atoms with E-state index in [4.69, 9.17) is 28.8 Å². The number of furan rings is 2. The van der Waals surface area contributed by atoms with Gasteiger partial charge in [-0.3, -0.25) is 0 Å². The molecule has 284 valence electrons. The van der Waals surface area contributed by atoms with Gasteiger partial charge in [-0.1, -0.05) is 127 Å². The van der Waals surface area contributed by atoms with Crippen LogP contribution in [0.25, 0.3) is 128 Å². The Balaban J connectivity index is 0.949. The van der Waals surface area contributed by atoms with E-state index in [-0.39, 0.29) is 0 Å². The molecule has 0 amide bonds. The highest BCUT2D eigenvalue weighted by Crippen LogP contribution is 2.39. The van der Waals surface area contributed by atoms with Gasteiger partial charge in [0.25, 0.3) is 0 Å². The average Bonchev–Trinajstić information content (AvgIpc) is 4.01. The zero-order chi connectivity index (χ0) is 40.0. The highest BCUT2D eigenvalue weighted by Gasteiger charge is 2.20. The van der Waals surface area contributed by atoms with Crippen LogP contribution < -0.4 is 0 Å². The van der Waals surface area contributed by atoms with E-state index in [1.54, 1.807) is 6.20 Å². The van der Waals surface area contributed by atoms with E-state index in [0.717, 1.165) is 66.2 Å². The van der Waals surface area contributed by atoms with Crippen LogP contribution in [0.1, 0.15) is 0 Å². The molecule has 0 aliphatic heterocycles. The lowest BCUT2D eigenvalue weighted by atomic mass is 10.0. The van der Waals surface area contributed by atoms with Crippen LogP contribution in [0.4, 0.5) is 0 Å². The van der Waals surface area contributed by atoms with Crippen molar-refractivity contribution in [2.75, 3.05) is 0 Å². The Hall–Kier alpha value is -8.42. The lowest BCUT2D eigenvalue weighted by Crippen LogP contribution is -2.01. The molecule has 0 unspecified atom stereocenters. The Kier molecular flexibility index (Phi) is 7.17. The molecule has 5 heterocycles. The van der Waals surface area contributed by atoms with Gasteiger partial charge in [-0.25, -0.2) is 19.9 Å². The third-order valence-corrected chi connectivity index (χ3v) is 11.9. The van der Waals surface area contributed by atoms with Gasteiger partial charge in [0.15, 0.2) is 28.8 Å². The first-order valence-electron chi connectivity index (χ1n) is 20.3. The van der Waals surface area contributed by atoms with Crippen molar-refractivity contribution in [3.8, 4) is 51.1 Å². The number of benzene rings is 8. The quantitative estimate of drug-likeness (QED) is 0.173. The van der Waals surface area contributed by atoms with Crippen LogP contribution in [0.2, 0.25) is 0 Å². The van der Waals surface area contributed by atoms with E-state index in [0.29, 0.717) is 28.8 Å². The summed E-state index contributed by atoms with van der Waals surface area (Å²) in [5, 5.41) is 8.99. The van der Waals surface area contributed by atoms with Gasteiger partial charge in [0.1, 0.15) is 16.7 Å². The second kappa shape index (κ2) is 13.0. The molecule has 0 aliphatic carbocycles. The molecule has 0 bridgehead atoms. The minimum Gasteiger partial charge on any atom is -0.456 e. The summed E-state index contributed by atoms with van der Waals surface area (Å²) < 4.78 is 15.1. The van der Waals surface area contributed by atoms with Crippen LogP contribution in [0.15, 0.2) is 197 Å². The van der Waals surface area contributed by atoms with Gasteiger partial charge in [0.05, 0.1) is 11.0 Å². The van der Waals surface area contributed by atoms with Crippen LogP contribution in [0.3, 0.4) is 0 Å². The van der Waals surface area contributed by atoms with E-state index in [1.807, 2.05) is 60.7 Å². The molecule has 5 aromatic heterocycles. The van der Waals surface area contributed by atoms with E-state index >= 15 is 0 Å². The smallest absolute Gasteiger partial charge is 0.186 e. The van der Waals surface area contributed by atoms with Crippen molar-refractivity contribution in [3.05, 3.63) is 188 Å². The topological polar surface area (TPSA) is 82.8 Å². The fourth-order valence-electron chi connectivity index (χ4n) is 9.06. The molecule has 0 fully saturated rings. The lowest BCUT2D eigenvalue weighted by molar-refractivity contribution is 0.667. The minimum atomic E-state index is 0.419. The molecule has 8 aromatic carbocycles. The number of fused-ring (bicyclic) bond motifs is 11. The summed E-state index contributed by atoms with van der Waals surface area (Å²) in [5.41, 5.74) is 10.8. The molecule has 0 atom stereocenters. The number of hydrogen-bond acceptors (Lipinski definition) is 6. The van der Waals surface area contributed by atoms with Gasteiger partial charge in [-0.2, -0.15) is 0 Å². The van der Waals surface area contributed by atoms with Gasteiger partial charge in [0.2, 0.25) is 0 Å². The van der Waals surface area contributed by atoms with E-state index in [1.165, 1.54) is 32.6 Å². The first kappa shape index (κ1) is 33.5. The SMILES string of the molecule is c1cc(-c2ccc(-n3c4ccccc4c4ccc5ccccc5c43)cc2)cc(-c2nc(-c3ccc4c(c3)oc3ccccc34)nc(-c3nccc4c3oc3ccccc34)n2)c1. The summed E-state index contributed by atoms with van der Waals surface area (Å²) >= 11 is 0. The molecule has 0 spiro atoms. The van der Waals surface area contributed by atoms with Crippen molar-refractivity contribution in [2.24, 2.45) is 0 Å². The number of rotatable bonds is 5. The monoisotopic (exact) mass is 781 g/mol. The highest BCUT2D eigenvalue weighted by molar-refractivity contribution is 6.18. The fourth-order valence-corrected chi connectivity index (χ4v) is 9.06. The van der Waals surface area contributed by atoms with Crippen molar-refractivity contribution in [1.29, 1.82) is 0 Å². The summed E-state index contributed by atoms with van der Waals surface area (Å²) in [4.78, 5) is 20.1. The van der Waals surface area contributed by atoms with Gasteiger partial charge < -0.3 is 13.4 Å². The predicted octanol–water partition coefficient (Wildman–Crippen LogP) is 14.0. The molecule has 0 aliphatic rings. The number of para-hydroxylation sites is 3. The zero-order valence-electron chi connectivity index (χ0n) is 32.5. The van der Waals surface area contributed by atoms with Crippen molar-refractivity contribution in [2.45, 2.75) is 0 Å². The van der Waals surface area contributed by atoms with E-state index < -0.39 is 0 Å². The van der Waals surface area contributed by atoms with Crippen LogP contribution >= 0.6 is 0 Å². The number of pyridine rings is 1. The Morgan fingerprint density at radius 3 is 1.84 bits per heavy atom. The Morgan fingerprint density at radius 1 is 0.377 bits per heavy atom. The summed E-state index contributed by atoms with van der Waals surface area (Å²) in [6.45, 7) is 0. The van der Waals surface area contributed by atoms with Gasteiger partial charge in [0, 0.05) is 60.7 Å². The van der Waals surface area contributed by atoms with Crippen LogP contribution in [-0.2, 0) is 0 Å². The maximum absolute atomic E-state index is 6.42. The molecule has 0 N–H and O–H groups in total. The molecule has 7 nitrogen and oxygen atoms in total. The minimum absolute atomic E-state index is 0.419. The third-order valence-electron chi connectivity index (χ3n) is 11.9. The summed E-state index contributed by atoms with van der Waals surface area (Å²) in [5.74, 6) is 1.45. The molecule has 61 heavy (non-hydrogen) atoms. The average molecular weight is 782 g/mol. The molecular formula is C54H31N5O2. The van der Waals surface area contributed by atoms with Gasteiger partial charge in [-0.15, -0.1) is 0 Å². The molecule has 7 heteroatoms. The van der Waals surface area contributed by atoms with Crippen molar-refractivity contribution in [1.82, 2.24) is 24.5 Å². The molecule has 0 saturated heterocycles.